The number of benzene rings is 1. The number of hydrogen-bond donors (Lipinski definition) is 1. The van der Waals surface area contributed by atoms with Gasteiger partial charge in [-0.1, -0.05) is 18.2 Å². The van der Waals surface area contributed by atoms with Crippen LogP contribution in [0.3, 0.4) is 0 Å². The molecule has 1 N–H and O–H groups in total. The molecular weight excluding hydrogens is 270 g/mol. The van der Waals surface area contributed by atoms with E-state index < -0.39 is 5.97 Å². The first-order valence-electron chi connectivity index (χ1n) is 7.32. The van der Waals surface area contributed by atoms with E-state index >= 15 is 0 Å². The lowest BCUT2D eigenvalue weighted by atomic mass is 9.97. The van der Waals surface area contributed by atoms with Gasteiger partial charge in [-0.25, -0.2) is 0 Å². The molecule has 5 nitrogen and oxygen atoms in total. The summed E-state index contributed by atoms with van der Waals surface area (Å²) in [5.41, 5.74) is 0. The van der Waals surface area contributed by atoms with Crippen molar-refractivity contribution in [1.82, 2.24) is 4.90 Å². The van der Waals surface area contributed by atoms with Crippen LogP contribution in [-0.4, -0.2) is 41.6 Å². The molecule has 1 aromatic rings. The van der Waals surface area contributed by atoms with Gasteiger partial charge in [-0.3, -0.25) is 9.59 Å². The summed E-state index contributed by atoms with van der Waals surface area (Å²) < 4.78 is 5.47. The summed E-state index contributed by atoms with van der Waals surface area (Å²) in [5.74, 6) is 0.0711. The summed E-state index contributed by atoms with van der Waals surface area (Å²) in [6.07, 6.45) is 2.68. The van der Waals surface area contributed by atoms with Crippen LogP contribution in [0.15, 0.2) is 30.3 Å². The molecule has 114 valence electrons. The van der Waals surface area contributed by atoms with E-state index in [4.69, 9.17) is 9.84 Å². The lowest BCUT2D eigenvalue weighted by Gasteiger charge is -2.20. The summed E-state index contributed by atoms with van der Waals surface area (Å²) in [6.45, 7) is 1.34. The van der Waals surface area contributed by atoms with Gasteiger partial charge in [0.1, 0.15) is 5.75 Å². The second kappa shape index (κ2) is 7.67. The molecule has 5 heteroatoms. The van der Waals surface area contributed by atoms with E-state index in [1.54, 1.807) is 4.90 Å². The van der Waals surface area contributed by atoms with Gasteiger partial charge >= 0.3 is 5.97 Å². The Balaban J connectivity index is 1.79. The zero-order chi connectivity index (χ0) is 15.1. The summed E-state index contributed by atoms with van der Waals surface area (Å²) in [4.78, 5) is 24.7. The fourth-order valence-corrected chi connectivity index (χ4v) is 2.62. The molecular formula is C16H21NO4. The number of carboxylic acids is 1. The Morgan fingerprint density at radius 1 is 1.19 bits per heavy atom. The fraction of sp³-hybridized carbons (Fsp3) is 0.500. The Morgan fingerprint density at radius 2 is 1.95 bits per heavy atom. The summed E-state index contributed by atoms with van der Waals surface area (Å²) in [6, 6.07) is 9.26. The zero-order valence-corrected chi connectivity index (χ0v) is 12.0. The monoisotopic (exact) mass is 291 g/mol. The van der Waals surface area contributed by atoms with Gasteiger partial charge in [-0.2, -0.15) is 0 Å². The molecule has 0 unspecified atom stereocenters. The third kappa shape index (κ3) is 5.10. The molecule has 0 aromatic heterocycles. The minimum Gasteiger partial charge on any atom is -0.484 e. The number of aliphatic carboxylic acids is 1. The van der Waals surface area contributed by atoms with Gasteiger partial charge in [0, 0.05) is 19.5 Å². The molecule has 1 atom stereocenters. The van der Waals surface area contributed by atoms with Gasteiger partial charge in [-0.15, -0.1) is 0 Å². The first-order valence-corrected chi connectivity index (χ1v) is 7.32. The highest BCUT2D eigenvalue weighted by atomic mass is 16.5. The zero-order valence-electron chi connectivity index (χ0n) is 12.0. The fourth-order valence-electron chi connectivity index (χ4n) is 2.62. The molecule has 1 aliphatic heterocycles. The second-order valence-corrected chi connectivity index (χ2v) is 5.38. The number of hydrogen-bond acceptors (Lipinski definition) is 3. The predicted molar refractivity (Wildman–Crippen MR) is 78.1 cm³/mol. The van der Waals surface area contributed by atoms with Crippen LogP contribution < -0.4 is 4.74 Å². The number of para-hydroxylation sites is 1. The largest absolute Gasteiger partial charge is 0.484 e. The number of amides is 1. The van der Waals surface area contributed by atoms with Crippen molar-refractivity contribution in [3.8, 4) is 5.75 Å². The van der Waals surface area contributed by atoms with Gasteiger partial charge in [0.25, 0.3) is 5.91 Å². The van der Waals surface area contributed by atoms with Crippen molar-refractivity contribution >= 4 is 11.9 Å². The Morgan fingerprint density at radius 3 is 2.67 bits per heavy atom. The van der Waals surface area contributed by atoms with E-state index in [1.807, 2.05) is 30.3 Å². The highest BCUT2D eigenvalue weighted by Crippen LogP contribution is 2.21. The SMILES string of the molecule is O=C(O)C[C@@H]1CCCN(C(=O)COc2ccccc2)CC1. The van der Waals surface area contributed by atoms with Crippen molar-refractivity contribution in [2.75, 3.05) is 19.7 Å². The second-order valence-electron chi connectivity index (χ2n) is 5.38. The molecule has 1 amide bonds. The van der Waals surface area contributed by atoms with Crippen LogP contribution in [-0.2, 0) is 9.59 Å². The first kappa shape index (κ1) is 15.4. The van der Waals surface area contributed by atoms with Crippen molar-refractivity contribution in [1.29, 1.82) is 0 Å². The number of carboxylic acid groups (broad SMARTS) is 1. The topological polar surface area (TPSA) is 66.8 Å². The Labute approximate surface area is 124 Å². The number of ether oxygens (including phenoxy) is 1. The summed E-state index contributed by atoms with van der Waals surface area (Å²) in [5, 5.41) is 8.84. The number of rotatable bonds is 5. The number of likely N-dealkylation sites (tertiary alicyclic amines) is 1. The Hall–Kier alpha value is -2.04. The van der Waals surface area contributed by atoms with E-state index in [1.165, 1.54) is 0 Å². The average molecular weight is 291 g/mol. The van der Waals surface area contributed by atoms with E-state index in [0.717, 1.165) is 19.3 Å². The van der Waals surface area contributed by atoms with Crippen LogP contribution in [0.4, 0.5) is 0 Å². The van der Waals surface area contributed by atoms with Gasteiger partial charge in [-0.05, 0) is 37.3 Å². The summed E-state index contributed by atoms with van der Waals surface area (Å²) in [7, 11) is 0. The average Bonchev–Trinajstić information content (AvgIpc) is 2.71. The van der Waals surface area contributed by atoms with Crippen LogP contribution >= 0.6 is 0 Å². The van der Waals surface area contributed by atoms with Crippen LogP contribution in [0, 0.1) is 5.92 Å². The molecule has 1 aliphatic rings. The van der Waals surface area contributed by atoms with Crippen molar-refractivity contribution in [2.45, 2.75) is 25.7 Å². The van der Waals surface area contributed by atoms with E-state index in [0.29, 0.717) is 18.8 Å². The molecule has 0 radical (unpaired) electrons. The van der Waals surface area contributed by atoms with Crippen molar-refractivity contribution in [3.63, 3.8) is 0 Å². The third-order valence-corrected chi connectivity index (χ3v) is 3.77. The van der Waals surface area contributed by atoms with E-state index in [-0.39, 0.29) is 24.9 Å². The van der Waals surface area contributed by atoms with Crippen LogP contribution in [0.25, 0.3) is 0 Å². The smallest absolute Gasteiger partial charge is 0.303 e. The number of carbonyl (C=O) groups is 2. The number of nitrogens with zero attached hydrogens (tertiary/aromatic N) is 1. The lowest BCUT2D eigenvalue weighted by Crippen LogP contribution is -2.35. The summed E-state index contributed by atoms with van der Waals surface area (Å²) >= 11 is 0. The normalized spacial score (nSPS) is 18.9. The molecule has 0 bridgehead atoms. The first-order chi connectivity index (χ1) is 10.1. The van der Waals surface area contributed by atoms with Crippen LogP contribution in [0.5, 0.6) is 5.75 Å². The molecule has 0 aliphatic carbocycles. The van der Waals surface area contributed by atoms with Gasteiger partial charge in [0.2, 0.25) is 0 Å². The van der Waals surface area contributed by atoms with Crippen LogP contribution in [0.1, 0.15) is 25.7 Å². The van der Waals surface area contributed by atoms with Crippen molar-refractivity contribution in [2.24, 2.45) is 5.92 Å². The molecule has 2 rings (SSSR count). The van der Waals surface area contributed by atoms with Crippen LogP contribution in [0.2, 0.25) is 0 Å². The number of carbonyl (C=O) groups excluding carboxylic acids is 1. The molecule has 0 saturated carbocycles. The van der Waals surface area contributed by atoms with Crippen molar-refractivity contribution < 1.29 is 19.4 Å². The maximum Gasteiger partial charge on any atom is 0.303 e. The van der Waals surface area contributed by atoms with Gasteiger partial charge in [0.05, 0.1) is 0 Å². The van der Waals surface area contributed by atoms with Crippen molar-refractivity contribution in [3.05, 3.63) is 30.3 Å². The van der Waals surface area contributed by atoms with E-state index in [2.05, 4.69) is 0 Å². The molecule has 1 aromatic carbocycles. The molecule has 0 spiro atoms. The van der Waals surface area contributed by atoms with Gasteiger partial charge in [0.15, 0.2) is 6.61 Å². The molecule has 21 heavy (non-hydrogen) atoms. The maximum absolute atomic E-state index is 12.1. The Bertz CT molecular complexity index is 474. The minimum atomic E-state index is -0.757. The quantitative estimate of drug-likeness (QED) is 0.903. The minimum absolute atomic E-state index is 0.0326. The highest BCUT2D eigenvalue weighted by Gasteiger charge is 2.22. The molecule has 1 saturated heterocycles. The van der Waals surface area contributed by atoms with E-state index in [9.17, 15) is 9.59 Å². The highest BCUT2D eigenvalue weighted by molar-refractivity contribution is 5.77. The standard InChI is InChI=1S/C16H21NO4/c18-15(12-21-14-6-2-1-3-7-14)17-9-4-5-13(8-10-17)11-16(19)20/h1-3,6-7,13H,4-5,8-12H2,(H,19,20)/t13-/m1/s1. The molecule has 1 heterocycles. The molecule has 1 fully saturated rings. The third-order valence-electron chi connectivity index (χ3n) is 3.77. The Kier molecular flexibility index (Phi) is 5.60. The lowest BCUT2D eigenvalue weighted by molar-refractivity contribution is -0.138. The maximum atomic E-state index is 12.1. The predicted octanol–water partition coefficient (Wildman–Crippen LogP) is 2.17. The van der Waals surface area contributed by atoms with Gasteiger partial charge < -0.3 is 14.7 Å².